The second-order valence-corrected chi connectivity index (χ2v) is 8.22. The van der Waals surface area contributed by atoms with Crippen LogP contribution in [0.2, 0.25) is 0 Å². The Morgan fingerprint density at radius 1 is 0.970 bits per heavy atom. The van der Waals surface area contributed by atoms with E-state index in [2.05, 4.69) is 57.5 Å². The lowest BCUT2D eigenvalue weighted by molar-refractivity contribution is 0.0624. The van der Waals surface area contributed by atoms with Crippen molar-refractivity contribution in [3.05, 3.63) is 89.6 Å². The zero-order valence-electron chi connectivity index (χ0n) is 18.6. The summed E-state index contributed by atoms with van der Waals surface area (Å²) in [5.41, 5.74) is 1.88. The number of carbonyl (C=O) groups is 1. The van der Waals surface area contributed by atoms with Crippen LogP contribution < -0.4 is 4.74 Å². The van der Waals surface area contributed by atoms with Crippen LogP contribution in [0.25, 0.3) is 10.8 Å². The van der Waals surface area contributed by atoms with Gasteiger partial charge in [-0.25, -0.2) is 0 Å². The molecule has 168 valence electrons. The van der Waals surface area contributed by atoms with Crippen molar-refractivity contribution in [3.8, 4) is 5.75 Å². The first-order chi connectivity index (χ1) is 16.2. The van der Waals surface area contributed by atoms with Crippen LogP contribution in [0.3, 0.4) is 0 Å². The monoisotopic (exact) mass is 442 g/mol. The Morgan fingerprint density at radius 3 is 2.55 bits per heavy atom. The molecule has 1 aliphatic heterocycles. The molecular weight excluding hydrogens is 416 g/mol. The van der Waals surface area contributed by atoms with Crippen molar-refractivity contribution in [3.63, 3.8) is 0 Å². The van der Waals surface area contributed by atoms with Gasteiger partial charge in [0.2, 0.25) is 11.7 Å². The standard InChI is InChI=1S/C26H26N4O3/c1-19-27-25(28-33-19)18-32-24-12-5-4-11-23(24)26(31)30-15-13-29(14-16-30)17-21-9-6-8-20-7-2-3-10-22(20)21/h2-12H,13-18H2,1H3. The highest BCUT2D eigenvalue weighted by Gasteiger charge is 2.24. The third kappa shape index (κ3) is 4.73. The predicted molar refractivity (Wildman–Crippen MR) is 125 cm³/mol. The largest absolute Gasteiger partial charge is 0.485 e. The Labute approximate surface area is 192 Å². The number of para-hydroxylation sites is 1. The molecule has 2 heterocycles. The first kappa shape index (κ1) is 21.2. The number of fused-ring (bicyclic) bond motifs is 1. The molecule has 0 spiro atoms. The van der Waals surface area contributed by atoms with Gasteiger partial charge in [0, 0.05) is 39.6 Å². The molecule has 1 aromatic heterocycles. The van der Waals surface area contributed by atoms with Crippen LogP contribution in [0.5, 0.6) is 5.75 Å². The molecule has 0 saturated carbocycles. The van der Waals surface area contributed by atoms with Crippen LogP contribution in [0.1, 0.15) is 27.6 Å². The van der Waals surface area contributed by atoms with Crippen LogP contribution in [0.15, 0.2) is 71.3 Å². The lowest BCUT2D eigenvalue weighted by atomic mass is 10.0. The second kappa shape index (κ2) is 9.42. The lowest BCUT2D eigenvalue weighted by Crippen LogP contribution is -2.48. The summed E-state index contributed by atoms with van der Waals surface area (Å²) in [4.78, 5) is 21.7. The molecule has 0 aliphatic carbocycles. The van der Waals surface area contributed by atoms with Crippen molar-refractivity contribution in [2.24, 2.45) is 0 Å². The summed E-state index contributed by atoms with van der Waals surface area (Å²) in [6.07, 6.45) is 0. The predicted octanol–water partition coefficient (Wildman–Crippen LogP) is 4.07. The highest BCUT2D eigenvalue weighted by Crippen LogP contribution is 2.23. The number of benzene rings is 3. The van der Waals surface area contributed by atoms with E-state index < -0.39 is 0 Å². The maximum absolute atomic E-state index is 13.3. The molecule has 0 radical (unpaired) electrons. The highest BCUT2D eigenvalue weighted by molar-refractivity contribution is 5.97. The van der Waals surface area contributed by atoms with Gasteiger partial charge in [0.05, 0.1) is 5.56 Å². The van der Waals surface area contributed by atoms with E-state index in [0.717, 1.165) is 19.6 Å². The van der Waals surface area contributed by atoms with Gasteiger partial charge in [0.25, 0.3) is 5.91 Å². The number of piperazine rings is 1. The van der Waals surface area contributed by atoms with Gasteiger partial charge in [-0.1, -0.05) is 59.8 Å². The Morgan fingerprint density at radius 2 is 1.73 bits per heavy atom. The van der Waals surface area contributed by atoms with E-state index in [0.29, 0.717) is 36.1 Å². The van der Waals surface area contributed by atoms with Crippen LogP contribution in [0.4, 0.5) is 0 Å². The molecule has 4 aromatic rings. The maximum Gasteiger partial charge on any atom is 0.257 e. The van der Waals surface area contributed by atoms with E-state index in [-0.39, 0.29) is 12.5 Å². The summed E-state index contributed by atoms with van der Waals surface area (Å²) in [7, 11) is 0. The summed E-state index contributed by atoms with van der Waals surface area (Å²) in [6, 6.07) is 22.3. The summed E-state index contributed by atoms with van der Waals surface area (Å²) in [5, 5.41) is 6.40. The molecule has 3 aromatic carbocycles. The zero-order chi connectivity index (χ0) is 22.6. The molecule has 1 fully saturated rings. The van der Waals surface area contributed by atoms with Gasteiger partial charge in [0.15, 0.2) is 6.61 Å². The number of aromatic nitrogens is 2. The highest BCUT2D eigenvalue weighted by atomic mass is 16.5. The van der Waals surface area contributed by atoms with Gasteiger partial charge in [-0.15, -0.1) is 0 Å². The minimum atomic E-state index is -0.0142. The van der Waals surface area contributed by atoms with Crippen molar-refractivity contribution in [2.45, 2.75) is 20.1 Å². The quantitative estimate of drug-likeness (QED) is 0.448. The van der Waals surface area contributed by atoms with Gasteiger partial charge in [-0.05, 0) is 28.5 Å². The van der Waals surface area contributed by atoms with Crippen LogP contribution in [0, 0.1) is 6.92 Å². The molecule has 1 aliphatic rings. The van der Waals surface area contributed by atoms with Crippen LogP contribution in [-0.2, 0) is 13.2 Å². The molecule has 7 heteroatoms. The molecule has 1 amide bonds. The average Bonchev–Trinajstić information content (AvgIpc) is 3.28. The average molecular weight is 443 g/mol. The molecule has 1 saturated heterocycles. The second-order valence-electron chi connectivity index (χ2n) is 8.22. The third-order valence-electron chi connectivity index (χ3n) is 5.98. The Hall–Kier alpha value is -3.71. The fraction of sp³-hybridized carbons (Fsp3) is 0.269. The van der Waals surface area contributed by atoms with Crippen molar-refractivity contribution in [1.82, 2.24) is 19.9 Å². The molecule has 33 heavy (non-hydrogen) atoms. The number of amides is 1. The fourth-order valence-electron chi connectivity index (χ4n) is 4.26. The van der Waals surface area contributed by atoms with Gasteiger partial charge < -0.3 is 14.2 Å². The Kier molecular flexibility index (Phi) is 6.04. The van der Waals surface area contributed by atoms with Gasteiger partial charge in [-0.2, -0.15) is 4.98 Å². The first-order valence-electron chi connectivity index (χ1n) is 11.2. The first-order valence-corrected chi connectivity index (χ1v) is 11.2. The third-order valence-corrected chi connectivity index (χ3v) is 5.98. The maximum atomic E-state index is 13.3. The SMILES string of the molecule is Cc1nc(COc2ccccc2C(=O)N2CCN(Cc3cccc4ccccc34)CC2)no1. The Bertz CT molecular complexity index is 1260. The number of ether oxygens (including phenoxy) is 1. The fourth-order valence-corrected chi connectivity index (χ4v) is 4.26. The number of hydrogen-bond acceptors (Lipinski definition) is 6. The van der Waals surface area contributed by atoms with E-state index in [1.807, 2.05) is 23.1 Å². The normalized spacial score (nSPS) is 14.5. The summed E-state index contributed by atoms with van der Waals surface area (Å²) < 4.78 is 10.8. The number of rotatable bonds is 6. The summed E-state index contributed by atoms with van der Waals surface area (Å²) in [6.45, 7) is 5.80. The number of hydrogen-bond donors (Lipinski definition) is 0. The van der Waals surface area contributed by atoms with Crippen molar-refractivity contribution in [2.75, 3.05) is 26.2 Å². The van der Waals surface area contributed by atoms with Gasteiger partial charge in [-0.3, -0.25) is 9.69 Å². The molecule has 0 bridgehead atoms. The van der Waals surface area contributed by atoms with Crippen molar-refractivity contribution < 1.29 is 14.1 Å². The molecule has 0 atom stereocenters. The number of nitrogens with zero attached hydrogens (tertiary/aromatic N) is 4. The van der Waals surface area contributed by atoms with Crippen LogP contribution >= 0.6 is 0 Å². The number of carbonyl (C=O) groups excluding carboxylic acids is 1. The molecule has 7 nitrogen and oxygen atoms in total. The molecule has 0 N–H and O–H groups in total. The number of aryl methyl sites for hydroxylation is 1. The zero-order valence-corrected chi connectivity index (χ0v) is 18.6. The van der Waals surface area contributed by atoms with Crippen molar-refractivity contribution in [1.29, 1.82) is 0 Å². The van der Waals surface area contributed by atoms with E-state index >= 15 is 0 Å². The minimum Gasteiger partial charge on any atom is -0.485 e. The summed E-state index contributed by atoms with van der Waals surface area (Å²) in [5.74, 6) is 1.46. The molecular formula is C26H26N4O3. The summed E-state index contributed by atoms with van der Waals surface area (Å²) >= 11 is 0. The smallest absolute Gasteiger partial charge is 0.257 e. The van der Waals surface area contributed by atoms with Crippen molar-refractivity contribution >= 4 is 16.7 Å². The lowest BCUT2D eigenvalue weighted by Gasteiger charge is -2.35. The van der Waals surface area contributed by atoms with E-state index in [1.165, 1.54) is 16.3 Å². The molecule has 0 unspecified atom stereocenters. The van der Waals surface area contributed by atoms with Crippen LogP contribution in [-0.4, -0.2) is 52.0 Å². The van der Waals surface area contributed by atoms with E-state index in [4.69, 9.17) is 9.26 Å². The van der Waals surface area contributed by atoms with E-state index in [9.17, 15) is 4.79 Å². The van der Waals surface area contributed by atoms with Gasteiger partial charge >= 0.3 is 0 Å². The Balaban J connectivity index is 1.22. The van der Waals surface area contributed by atoms with E-state index in [1.54, 1.807) is 13.0 Å². The minimum absolute atomic E-state index is 0.0142. The van der Waals surface area contributed by atoms with Gasteiger partial charge in [0.1, 0.15) is 5.75 Å². The molecule has 5 rings (SSSR count). The topological polar surface area (TPSA) is 71.7 Å².